The molecule has 0 radical (unpaired) electrons. The summed E-state index contributed by atoms with van der Waals surface area (Å²) >= 11 is 1.17. The number of ether oxygens (including phenoxy) is 2. The summed E-state index contributed by atoms with van der Waals surface area (Å²) in [5.74, 6) is 1.73. The molecule has 3 aromatic rings. The molecule has 146 valence electrons. The summed E-state index contributed by atoms with van der Waals surface area (Å²) in [7, 11) is 1.61. The zero-order valence-electron chi connectivity index (χ0n) is 15.4. The molecule has 1 aliphatic rings. The van der Waals surface area contributed by atoms with E-state index in [-0.39, 0.29) is 5.91 Å². The number of methoxy groups -OCH3 is 1. The second-order valence-corrected chi connectivity index (χ2v) is 7.04. The van der Waals surface area contributed by atoms with Crippen LogP contribution < -0.4 is 10.1 Å². The molecule has 0 aliphatic carbocycles. The molecule has 1 amide bonds. The summed E-state index contributed by atoms with van der Waals surface area (Å²) in [5.41, 5.74) is 1.25. The van der Waals surface area contributed by atoms with Crippen LogP contribution in [0.15, 0.2) is 41.0 Å². The summed E-state index contributed by atoms with van der Waals surface area (Å²) in [4.78, 5) is 19.1. The first-order valence-corrected chi connectivity index (χ1v) is 9.65. The number of nitrogens with zero attached hydrogens (tertiary/aromatic N) is 3. The van der Waals surface area contributed by atoms with Crippen molar-refractivity contribution in [2.75, 3.05) is 38.7 Å². The van der Waals surface area contributed by atoms with E-state index in [4.69, 9.17) is 13.9 Å². The number of nitrogens with one attached hydrogen (secondary N) is 1. The highest BCUT2D eigenvalue weighted by Gasteiger charge is 2.16. The number of carbonyl (C=O) groups excluding carboxylic acids is 1. The number of amides is 1. The molecule has 0 saturated carbocycles. The Morgan fingerprint density at radius 1 is 1.32 bits per heavy atom. The Morgan fingerprint density at radius 2 is 2.18 bits per heavy atom. The van der Waals surface area contributed by atoms with Gasteiger partial charge in [0.25, 0.3) is 5.91 Å². The fraction of sp³-hybridized carbons (Fsp3) is 0.316. The lowest BCUT2D eigenvalue weighted by Gasteiger charge is -2.25. The van der Waals surface area contributed by atoms with Gasteiger partial charge in [0.2, 0.25) is 5.13 Å². The van der Waals surface area contributed by atoms with Gasteiger partial charge < -0.3 is 13.9 Å². The minimum absolute atomic E-state index is 0.285. The van der Waals surface area contributed by atoms with E-state index in [0.717, 1.165) is 37.6 Å². The van der Waals surface area contributed by atoms with Gasteiger partial charge in [0.05, 0.1) is 32.4 Å². The summed E-state index contributed by atoms with van der Waals surface area (Å²) in [6.07, 6.45) is 1.43. The number of hydrogen-bond acceptors (Lipinski definition) is 8. The third-order valence-corrected chi connectivity index (χ3v) is 5.04. The lowest BCUT2D eigenvalue weighted by molar-refractivity contribution is 0.0332. The Hall–Kier alpha value is -2.75. The Balaban J connectivity index is 1.39. The fourth-order valence-electron chi connectivity index (χ4n) is 2.88. The summed E-state index contributed by atoms with van der Waals surface area (Å²) in [6.45, 7) is 3.83. The summed E-state index contributed by atoms with van der Waals surface area (Å²) in [6, 6.07) is 9.16. The van der Waals surface area contributed by atoms with Crippen LogP contribution in [0.25, 0.3) is 11.3 Å². The molecule has 1 N–H and O–H groups in total. The van der Waals surface area contributed by atoms with Gasteiger partial charge in [-0.1, -0.05) is 12.1 Å². The Morgan fingerprint density at radius 3 is 3.00 bits per heavy atom. The number of furan rings is 1. The van der Waals surface area contributed by atoms with Crippen LogP contribution in [0.5, 0.6) is 5.75 Å². The standard InChI is InChI=1S/C19H20N4O4S/c1-25-15-4-2-3-13(9-15)16-10-14(12-27-16)18(24)21-19-20-17(22-28-19)11-23-5-7-26-8-6-23/h2-4,9-10,12H,5-8,11H2,1H3,(H,20,21,22,24). The van der Waals surface area contributed by atoms with Crippen molar-refractivity contribution in [1.82, 2.24) is 14.3 Å². The number of anilines is 1. The van der Waals surface area contributed by atoms with Gasteiger partial charge in [-0.3, -0.25) is 15.0 Å². The van der Waals surface area contributed by atoms with Gasteiger partial charge in [0.1, 0.15) is 17.8 Å². The van der Waals surface area contributed by atoms with Gasteiger partial charge in [-0.15, -0.1) is 0 Å². The highest BCUT2D eigenvalue weighted by Crippen LogP contribution is 2.26. The molecule has 4 rings (SSSR count). The van der Waals surface area contributed by atoms with Crippen molar-refractivity contribution in [3.8, 4) is 17.1 Å². The SMILES string of the molecule is COc1cccc(-c2cc(C(=O)Nc3nc(CN4CCOCC4)ns3)co2)c1. The Labute approximate surface area is 166 Å². The Kier molecular flexibility index (Phi) is 5.65. The second kappa shape index (κ2) is 8.51. The maximum atomic E-state index is 12.5. The zero-order valence-corrected chi connectivity index (χ0v) is 16.2. The largest absolute Gasteiger partial charge is 0.497 e. The van der Waals surface area contributed by atoms with Crippen LogP contribution in [0.1, 0.15) is 16.2 Å². The van der Waals surface area contributed by atoms with Gasteiger partial charge in [-0.2, -0.15) is 4.37 Å². The van der Waals surface area contributed by atoms with E-state index >= 15 is 0 Å². The first-order valence-electron chi connectivity index (χ1n) is 8.88. The molecule has 8 nitrogen and oxygen atoms in total. The van der Waals surface area contributed by atoms with Gasteiger partial charge in [-0.05, 0) is 18.2 Å². The fourth-order valence-corrected chi connectivity index (χ4v) is 3.46. The van der Waals surface area contributed by atoms with E-state index in [1.165, 1.54) is 17.8 Å². The molecule has 2 aromatic heterocycles. The van der Waals surface area contributed by atoms with Crippen LogP contribution in [-0.4, -0.2) is 53.6 Å². The number of carbonyl (C=O) groups is 1. The molecule has 3 heterocycles. The molecular weight excluding hydrogens is 380 g/mol. The highest BCUT2D eigenvalue weighted by molar-refractivity contribution is 7.09. The van der Waals surface area contributed by atoms with Crippen LogP contribution in [0.4, 0.5) is 5.13 Å². The van der Waals surface area contributed by atoms with Gasteiger partial charge in [0.15, 0.2) is 5.82 Å². The van der Waals surface area contributed by atoms with Gasteiger partial charge in [0, 0.05) is 30.2 Å². The molecule has 0 bridgehead atoms. The van der Waals surface area contributed by atoms with Crippen LogP contribution >= 0.6 is 11.5 Å². The van der Waals surface area contributed by atoms with E-state index in [9.17, 15) is 4.79 Å². The topological polar surface area (TPSA) is 89.7 Å². The van der Waals surface area contributed by atoms with Crippen molar-refractivity contribution in [3.05, 3.63) is 48.0 Å². The molecule has 1 saturated heterocycles. The average molecular weight is 400 g/mol. The summed E-state index contributed by atoms with van der Waals surface area (Å²) in [5, 5.41) is 3.25. The van der Waals surface area contributed by atoms with Gasteiger partial charge >= 0.3 is 0 Å². The van der Waals surface area contributed by atoms with Gasteiger partial charge in [-0.25, -0.2) is 4.98 Å². The number of aromatic nitrogens is 2. The molecule has 0 unspecified atom stereocenters. The summed E-state index contributed by atoms with van der Waals surface area (Å²) < 4.78 is 20.4. The van der Waals surface area contributed by atoms with Crippen molar-refractivity contribution in [2.24, 2.45) is 0 Å². The number of hydrogen-bond donors (Lipinski definition) is 1. The predicted molar refractivity (Wildman–Crippen MR) is 105 cm³/mol. The molecule has 0 spiro atoms. The quantitative estimate of drug-likeness (QED) is 0.680. The number of benzene rings is 1. The highest BCUT2D eigenvalue weighted by atomic mass is 32.1. The normalized spacial score (nSPS) is 14.8. The van der Waals surface area contributed by atoms with Crippen LogP contribution in [-0.2, 0) is 11.3 Å². The molecule has 28 heavy (non-hydrogen) atoms. The van der Waals surface area contributed by atoms with E-state index < -0.39 is 0 Å². The third-order valence-electron chi connectivity index (χ3n) is 4.37. The van der Waals surface area contributed by atoms with Crippen LogP contribution in [0.2, 0.25) is 0 Å². The number of morpholine rings is 1. The monoisotopic (exact) mass is 400 g/mol. The molecular formula is C19H20N4O4S. The van der Waals surface area contributed by atoms with Crippen molar-refractivity contribution < 1.29 is 18.7 Å². The maximum absolute atomic E-state index is 12.5. The van der Waals surface area contributed by atoms with Crippen molar-refractivity contribution >= 4 is 22.6 Å². The van der Waals surface area contributed by atoms with Crippen molar-refractivity contribution in [1.29, 1.82) is 0 Å². The smallest absolute Gasteiger partial charge is 0.260 e. The lowest BCUT2D eigenvalue weighted by atomic mass is 10.1. The second-order valence-electron chi connectivity index (χ2n) is 6.29. The Bertz CT molecular complexity index is 949. The third kappa shape index (κ3) is 4.38. The molecule has 0 atom stereocenters. The average Bonchev–Trinajstić information content (AvgIpc) is 3.39. The minimum atomic E-state index is -0.285. The predicted octanol–water partition coefficient (Wildman–Crippen LogP) is 2.89. The first kappa shape index (κ1) is 18.6. The minimum Gasteiger partial charge on any atom is -0.497 e. The van der Waals surface area contributed by atoms with Crippen LogP contribution in [0.3, 0.4) is 0 Å². The lowest BCUT2D eigenvalue weighted by Crippen LogP contribution is -2.35. The zero-order chi connectivity index (χ0) is 19.3. The molecule has 1 fully saturated rings. The van der Waals surface area contributed by atoms with E-state index in [1.54, 1.807) is 13.2 Å². The number of rotatable bonds is 6. The molecule has 9 heteroatoms. The van der Waals surface area contributed by atoms with E-state index in [1.807, 2.05) is 24.3 Å². The van der Waals surface area contributed by atoms with Crippen molar-refractivity contribution in [3.63, 3.8) is 0 Å². The van der Waals surface area contributed by atoms with E-state index in [2.05, 4.69) is 19.6 Å². The van der Waals surface area contributed by atoms with Crippen LogP contribution in [0, 0.1) is 0 Å². The molecule has 1 aliphatic heterocycles. The molecule has 1 aromatic carbocycles. The maximum Gasteiger partial charge on any atom is 0.260 e. The van der Waals surface area contributed by atoms with Crippen molar-refractivity contribution in [2.45, 2.75) is 6.54 Å². The van der Waals surface area contributed by atoms with E-state index in [0.29, 0.717) is 28.8 Å². The first-order chi connectivity index (χ1) is 13.7.